The Bertz CT molecular complexity index is 496. The highest BCUT2D eigenvalue weighted by Gasteiger charge is 2.16. The van der Waals surface area contributed by atoms with Gasteiger partial charge in [0, 0.05) is 18.7 Å². The smallest absolute Gasteiger partial charge is 0.164 e. The van der Waals surface area contributed by atoms with Crippen LogP contribution in [0.2, 0.25) is 0 Å². The van der Waals surface area contributed by atoms with Gasteiger partial charge in [-0.2, -0.15) is 0 Å². The highest BCUT2D eigenvalue weighted by molar-refractivity contribution is 5.44. The van der Waals surface area contributed by atoms with Gasteiger partial charge in [-0.15, -0.1) is 10.2 Å². The first-order chi connectivity index (χ1) is 7.49. The Hall–Kier alpha value is -1.58. The van der Waals surface area contributed by atoms with Gasteiger partial charge < -0.3 is 4.74 Å². The van der Waals surface area contributed by atoms with Gasteiger partial charge in [0.2, 0.25) is 0 Å². The Balaban J connectivity index is 2.42. The van der Waals surface area contributed by atoms with E-state index in [0.717, 1.165) is 23.6 Å². The molecule has 2 heterocycles. The molecule has 0 aliphatic carbocycles. The normalized spacial score (nSPS) is 12.0. The molecule has 2 aromatic heterocycles. The number of nitrogens with zero attached hydrogens (tertiary/aromatic N) is 3. The van der Waals surface area contributed by atoms with Gasteiger partial charge in [-0.1, -0.05) is 20.8 Å². The number of aromatic nitrogens is 3. The summed E-state index contributed by atoms with van der Waals surface area (Å²) in [6, 6.07) is 3.81. The van der Waals surface area contributed by atoms with Crippen LogP contribution in [-0.4, -0.2) is 21.7 Å². The molecule has 86 valence electrons. The van der Waals surface area contributed by atoms with Crippen molar-refractivity contribution in [2.45, 2.75) is 27.2 Å². The van der Waals surface area contributed by atoms with E-state index in [9.17, 15) is 0 Å². The molecule has 0 saturated heterocycles. The van der Waals surface area contributed by atoms with E-state index in [1.807, 2.05) is 22.7 Å². The molecular weight excluding hydrogens is 202 g/mol. The van der Waals surface area contributed by atoms with Crippen molar-refractivity contribution in [1.82, 2.24) is 14.6 Å². The highest BCUT2D eigenvalue weighted by Crippen LogP contribution is 2.21. The largest absolute Gasteiger partial charge is 0.497 e. The second-order valence-corrected chi connectivity index (χ2v) is 5.15. The summed E-state index contributed by atoms with van der Waals surface area (Å²) in [4.78, 5) is 0. The van der Waals surface area contributed by atoms with Crippen molar-refractivity contribution in [3.8, 4) is 5.75 Å². The fourth-order valence-electron chi connectivity index (χ4n) is 1.64. The minimum atomic E-state index is 0.211. The van der Waals surface area contributed by atoms with Crippen LogP contribution >= 0.6 is 0 Å². The third kappa shape index (κ3) is 2.15. The third-order valence-electron chi connectivity index (χ3n) is 2.38. The second kappa shape index (κ2) is 3.77. The molecule has 2 rings (SSSR count). The number of pyridine rings is 1. The quantitative estimate of drug-likeness (QED) is 0.778. The fourth-order valence-corrected chi connectivity index (χ4v) is 1.64. The molecule has 4 heteroatoms. The third-order valence-corrected chi connectivity index (χ3v) is 2.38. The van der Waals surface area contributed by atoms with Crippen molar-refractivity contribution in [3.63, 3.8) is 0 Å². The number of fused-ring (bicyclic) bond motifs is 1. The monoisotopic (exact) mass is 219 g/mol. The van der Waals surface area contributed by atoms with Crippen LogP contribution in [0.4, 0.5) is 0 Å². The van der Waals surface area contributed by atoms with Gasteiger partial charge in [0.1, 0.15) is 11.6 Å². The molecule has 0 aliphatic heterocycles. The molecule has 0 bridgehead atoms. The zero-order valence-corrected chi connectivity index (χ0v) is 10.2. The summed E-state index contributed by atoms with van der Waals surface area (Å²) in [5.41, 5.74) is 1.04. The van der Waals surface area contributed by atoms with Crippen LogP contribution in [-0.2, 0) is 6.42 Å². The van der Waals surface area contributed by atoms with Crippen LogP contribution in [0.1, 0.15) is 26.6 Å². The number of hydrogen-bond acceptors (Lipinski definition) is 3. The van der Waals surface area contributed by atoms with Gasteiger partial charge >= 0.3 is 0 Å². The predicted molar refractivity (Wildman–Crippen MR) is 62.7 cm³/mol. The Morgan fingerprint density at radius 3 is 2.69 bits per heavy atom. The Kier molecular flexibility index (Phi) is 2.58. The van der Waals surface area contributed by atoms with Gasteiger partial charge in [-0.3, -0.25) is 4.40 Å². The summed E-state index contributed by atoms with van der Waals surface area (Å²) in [6.45, 7) is 6.58. The maximum Gasteiger partial charge on any atom is 0.164 e. The van der Waals surface area contributed by atoms with E-state index >= 15 is 0 Å². The number of methoxy groups -OCH3 is 1. The van der Waals surface area contributed by atoms with Crippen molar-refractivity contribution in [1.29, 1.82) is 0 Å². The summed E-state index contributed by atoms with van der Waals surface area (Å²) in [6.07, 6.45) is 2.86. The highest BCUT2D eigenvalue weighted by atomic mass is 16.5. The lowest BCUT2D eigenvalue weighted by molar-refractivity contribution is 0.398. The Morgan fingerprint density at radius 2 is 2.06 bits per heavy atom. The lowest BCUT2D eigenvalue weighted by Crippen LogP contribution is -2.11. The lowest BCUT2D eigenvalue weighted by Gasteiger charge is -2.16. The molecule has 0 aromatic carbocycles. The van der Waals surface area contributed by atoms with Gasteiger partial charge in [-0.05, 0) is 11.5 Å². The van der Waals surface area contributed by atoms with Crippen LogP contribution < -0.4 is 4.74 Å². The topological polar surface area (TPSA) is 39.4 Å². The van der Waals surface area contributed by atoms with Gasteiger partial charge in [0.05, 0.1) is 7.11 Å². The maximum absolute atomic E-state index is 5.15. The van der Waals surface area contributed by atoms with Gasteiger partial charge in [0.15, 0.2) is 5.65 Å². The molecular formula is C12H17N3O. The minimum Gasteiger partial charge on any atom is -0.497 e. The molecule has 4 nitrogen and oxygen atoms in total. The van der Waals surface area contributed by atoms with Crippen molar-refractivity contribution in [3.05, 3.63) is 24.2 Å². The van der Waals surface area contributed by atoms with Crippen molar-refractivity contribution < 1.29 is 4.74 Å². The average molecular weight is 219 g/mol. The van der Waals surface area contributed by atoms with E-state index in [1.54, 1.807) is 7.11 Å². The predicted octanol–water partition coefficient (Wildman–Crippen LogP) is 2.33. The molecule has 0 aliphatic rings. The molecule has 0 N–H and O–H groups in total. The zero-order valence-electron chi connectivity index (χ0n) is 10.2. The van der Waals surface area contributed by atoms with Crippen LogP contribution in [0.15, 0.2) is 18.3 Å². The summed E-state index contributed by atoms with van der Waals surface area (Å²) in [7, 11) is 1.65. The molecule has 0 saturated carbocycles. The summed E-state index contributed by atoms with van der Waals surface area (Å²) < 4.78 is 7.16. The number of ether oxygens (including phenoxy) is 1. The van der Waals surface area contributed by atoms with E-state index in [-0.39, 0.29) is 5.41 Å². The van der Waals surface area contributed by atoms with Gasteiger partial charge in [0.25, 0.3) is 0 Å². The SMILES string of the molecule is COc1ccn2c(CC(C)(C)C)nnc2c1. The molecule has 0 amide bonds. The maximum atomic E-state index is 5.15. The van der Waals surface area contributed by atoms with E-state index < -0.39 is 0 Å². The standard InChI is InChI=1S/C12H17N3O/c1-12(2,3)8-11-14-13-10-7-9(16-4)5-6-15(10)11/h5-7H,8H2,1-4H3. The van der Waals surface area contributed by atoms with Crippen molar-refractivity contribution in [2.75, 3.05) is 7.11 Å². The Morgan fingerprint density at radius 1 is 1.31 bits per heavy atom. The first kappa shape index (κ1) is 10.9. The van der Waals surface area contributed by atoms with E-state index in [2.05, 4.69) is 31.0 Å². The van der Waals surface area contributed by atoms with E-state index in [0.29, 0.717) is 0 Å². The molecule has 16 heavy (non-hydrogen) atoms. The van der Waals surface area contributed by atoms with Crippen LogP contribution in [0.5, 0.6) is 5.75 Å². The van der Waals surface area contributed by atoms with Crippen LogP contribution in [0.25, 0.3) is 5.65 Å². The summed E-state index contributed by atoms with van der Waals surface area (Å²) in [5.74, 6) is 1.80. The molecule has 0 radical (unpaired) electrons. The number of rotatable bonds is 2. The van der Waals surface area contributed by atoms with E-state index in [1.165, 1.54) is 0 Å². The van der Waals surface area contributed by atoms with E-state index in [4.69, 9.17) is 4.74 Å². The average Bonchev–Trinajstić information content (AvgIpc) is 2.58. The lowest BCUT2D eigenvalue weighted by atomic mass is 9.92. The number of hydrogen-bond donors (Lipinski definition) is 0. The molecule has 0 unspecified atom stereocenters. The molecule has 0 atom stereocenters. The van der Waals surface area contributed by atoms with Crippen LogP contribution in [0, 0.1) is 5.41 Å². The first-order valence-electron chi connectivity index (χ1n) is 5.37. The van der Waals surface area contributed by atoms with Crippen LogP contribution in [0.3, 0.4) is 0 Å². The summed E-state index contributed by atoms with van der Waals surface area (Å²) >= 11 is 0. The first-order valence-corrected chi connectivity index (χ1v) is 5.37. The molecule has 0 spiro atoms. The van der Waals surface area contributed by atoms with Gasteiger partial charge in [-0.25, -0.2) is 0 Å². The molecule has 2 aromatic rings. The van der Waals surface area contributed by atoms with Crippen molar-refractivity contribution in [2.24, 2.45) is 5.41 Å². The fraction of sp³-hybridized carbons (Fsp3) is 0.500. The zero-order chi connectivity index (χ0) is 11.8. The minimum absolute atomic E-state index is 0.211. The van der Waals surface area contributed by atoms with Crippen molar-refractivity contribution >= 4 is 5.65 Å². The molecule has 0 fully saturated rings. The second-order valence-electron chi connectivity index (χ2n) is 5.15. The Labute approximate surface area is 95.3 Å². The summed E-state index contributed by atoms with van der Waals surface area (Å²) in [5, 5.41) is 8.36.